The minimum Gasteiger partial charge on any atom is -0.302 e. The van der Waals surface area contributed by atoms with Gasteiger partial charge in [0.05, 0.1) is 21.8 Å². The number of aromatic nitrogens is 1. The first kappa shape index (κ1) is 16.8. The summed E-state index contributed by atoms with van der Waals surface area (Å²) in [5.74, 6) is 0. The molecule has 1 atom stereocenters. The van der Waals surface area contributed by atoms with Crippen LogP contribution in [0.1, 0.15) is 48.0 Å². The molecule has 0 fully saturated rings. The molecule has 0 aliphatic rings. The Balaban J connectivity index is 2.43. The highest BCUT2D eigenvalue weighted by Crippen LogP contribution is 2.32. The molecule has 1 unspecified atom stereocenters. The minimum absolute atomic E-state index is 0.0452. The zero-order valence-electron chi connectivity index (χ0n) is 12.7. The summed E-state index contributed by atoms with van der Waals surface area (Å²) in [4.78, 5) is 6.07. The van der Waals surface area contributed by atoms with Crippen LogP contribution in [0, 0.1) is 6.92 Å². The number of hydrogen-bond donors (Lipinski definition) is 1. The van der Waals surface area contributed by atoms with E-state index in [1.807, 2.05) is 18.2 Å². The van der Waals surface area contributed by atoms with Crippen molar-refractivity contribution >= 4 is 34.5 Å². The first-order chi connectivity index (χ1) is 9.92. The molecule has 0 saturated heterocycles. The van der Waals surface area contributed by atoms with E-state index in [-0.39, 0.29) is 6.04 Å². The fraction of sp³-hybridized carbons (Fsp3) is 0.438. The zero-order chi connectivity index (χ0) is 15.6. The summed E-state index contributed by atoms with van der Waals surface area (Å²) < 4.78 is 0. The van der Waals surface area contributed by atoms with Gasteiger partial charge in [0.2, 0.25) is 0 Å². The number of hydrogen-bond acceptors (Lipinski definition) is 3. The fourth-order valence-electron chi connectivity index (χ4n) is 2.24. The van der Waals surface area contributed by atoms with Crippen LogP contribution in [-0.4, -0.2) is 11.0 Å². The molecule has 2 aromatic rings. The predicted molar refractivity (Wildman–Crippen MR) is 92.8 cm³/mol. The Bertz CT molecular complexity index is 623. The summed E-state index contributed by atoms with van der Waals surface area (Å²) in [6, 6.07) is 6.17. The van der Waals surface area contributed by atoms with Gasteiger partial charge < -0.3 is 5.32 Å². The number of thiazole rings is 1. The molecule has 2 rings (SSSR count). The van der Waals surface area contributed by atoms with E-state index in [2.05, 4.69) is 33.0 Å². The number of aryl methyl sites for hydroxylation is 2. The Morgan fingerprint density at radius 1 is 1.24 bits per heavy atom. The van der Waals surface area contributed by atoms with Gasteiger partial charge in [0.15, 0.2) is 0 Å². The first-order valence-corrected chi connectivity index (χ1v) is 8.66. The smallest absolute Gasteiger partial charge is 0.115 e. The van der Waals surface area contributed by atoms with Crippen molar-refractivity contribution in [1.82, 2.24) is 10.3 Å². The van der Waals surface area contributed by atoms with Crippen molar-refractivity contribution in [2.45, 2.75) is 46.2 Å². The van der Waals surface area contributed by atoms with Gasteiger partial charge in [0, 0.05) is 10.9 Å². The normalized spacial score (nSPS) is 12.9. The van der Waals surface area contributed by atoms with Crippen LogP contribution in [0.3, 0.4) is 0 Å². The maximum absolute atomic E-state index is 6.17. The number of rotatable bonds is 5. The third-order valence-electron chi connectivity index (χ3n) is 3.27. The van der Waals surface area contributed by atoms with E-state index in [0.717, 1.165) is 17.0 Å². The van der Waals surface area contributed by atoms with Crippen molar-refractivity contribution in [3.63, 3.8) is 0 Å². The van der Waals surface area contributed by atoms with E-state index in [1.54, 1.807) is 11.3 Å². The molecule has 0 radical (unpaired) electrons. The first-order valence-electron chi connectivity index (χ1n) is 7.09. The molecular formula is C16H20Cl2N2S. The van der Waals surface area contributed by atoms with Crippen LogP contribution in [0.25, 0.3) is 0 Å². The lowest BCUT2D eigenvalue weighted by molar-refractivity contribution is 0.526. The van der Waals surface area contributed by atoms with E-state index in [4.69, 9.17) is 28.2 Å². The predicted octanol–water partition coefficient (Wildman–Crippen LogP) is 5.41. The Kier molecular flexibility index (Phi) is 5.67. The lowest BCUT2D eigenvalue weighted by atomic mass is 10.1. The minimum atomic E-state index is 0.0452. The number of halogens is 2. The Morgan fingerprint density at radius 2 is 1.95 bits per heavy atom. The fourth-order valence-corrected chi connectivity index (χ4v) is 3.64. The number of benzene rings is 1. The molecule has 1 aromatic carbocycles. The highest BCUT2D eigenvalue weighted by molar-refractivity contribution is 7.11. The molecule has 0 saturated carbocycles. The Labute approximate surface area is 140 Å². The van der Waals surface area contributed by atoms with E-state index in [1.165, 1.54) is 10.6 Å². The molecule has 5 heteroatoms. The van der Waals surface area contributed by atoms with Gasteiger partial charge in [0.1, 0.15) is 5.01 Å². The molecule has 1 heterocycles. The van der Waals surface area contributed by atoms with E-state index in [9.17, 15) is 0 Å². The average Bonchev–Trinajstić information content (AvgIpc) is 2.80. The van der Waals surface area contributed by atoms with Crippen molar-refractivity contribution in [3.8, 4) is 0 Å². The molecule has 0 aliphatic heterocycles. The second kappa shape index (κ2) is 7.10. The molecule has 0 bridgehead atoms. The molecule has 114 valence electrons. The third kappa shape index (κ3) is 3.98. The van der Waals surface area contributed by atoms with Crippen molar-refractivity contribution in [2.75, 3.05) is 0 Å². The highest BCUT2D eigenvalue weighted by atomic mass is 35.5. The Hall–Kier alpha value is -0.610. The van der Waals surface area contributed by atoms with E-state index < -0.39 is 0 Å². The average molecular weight is 343 g/mol. The second-order valence-corrected chi connectivity index (χ2v) is 7.39. The lowest BCUT2D eigenvalue weighted by Crippen LogP contribution is -2.29. The van der Waals surface area contributed by atoms with Crippen LogP contribution in [0.15, 0.2) is 18.2 Å². The summed E-state index contributed by atoms with van der Waals surface area (Å²) in [6.07, 6.45) is 0.956. The zero-order valence-corrected chi connectivity index (χ0v) is 15.0. The van der Waals surface area contributed by atoms with Crippen molar-refractivity contribution < 1.29 is 0 Å². The molecule has 1 N–H and O–H groups in total. The quantitative estimate of drug-likeness (QED) is 0.785. The largest absolute Gasteiger partial charge is 0.302 e. The number of nitrogens with zero attached hydrogens (tertiary/aromatic N) is 1. The van der Waals surface area contributed by atoms with Gasteiger partial charge in [0.25, 0.3) is 0 Å². The van der Waals surface area contributed by atoms with Crippen LogP contribution in [0.5, 0.6) is 0 Å². The molecule has 0 spiro atoms. The summed E-state index contributed by atoms with van der Waals surface area (Å²) in [6.45, 7) is 8.52. The summed E-state index contributed by atoms with van der Waals surface area (Å²) >= 11 is 13.9. The monoisotopic (exact) mass is 342 g/mol. The highest BCUT2D eigenvalue weighted by Gasteiger charge is 2.20. The van der Waals surface area contributed by atoms with Crippen molar-refractivity contribution in [3.05, 3.63) is 49.4 Å². The molecular weight excluding hydrogens is 323 g/mol. The standard InChI is InChI=1S/C16H20Cl2N2S/c1-5-14-10(4)21-16(20-14)15(19-9(2)3)11-6-7-12(17)13(18)8-11/h6-9,15,19H,5H2,1-4H3. The van der Waals surface area contributed by atoms with Crippen molar-refractivity contribution in [1.29, 1.82) is 0 Å². The van der Waals surface area contributed by atoms with Gasteiger partial charge >= 0.3 is 0 Å². The number of nitrogens with one attached hydrogen (secondary N) is 1. The molecule has 0 aliphatic carbocycles. The van der Waals surface area contributed by atoms with Crippen LogP contribution >= 0.6 is 34.5 Å². The second-order valence-electron chi connectivity index (χ2n) is 5.34. The summed E-state index contributed by atoms with van der Waals surface area (Å²) in [7, 11) is 0. The molecule has 2 nitrogen and oxygen atoms in total. The van der Waals surface area contributed by atoms with Crippen LogP contribution in [0.2, 0.25) is 10.0 Å². The van der Waals surface area contributed by atoms with Gasteiger partial charge in [-0.05, 0) is 44.9 Å². The van der Waals surface area contributed by atoms with E-state index >= 15 is 0 Å². The Morgan fingerprint density at radius 3 is 2.48 bits per heavy atom. The topological polar surface area (TPSA) is 24.9 Å². The summed E-state index contributed by atoms with van der Waals surface area (Å²) in [5.41, 5.74) is 2.26. The van der Waals surface area contributed by atoms with Gasteiger partial charge in [-0.1, -0.05) is 36.2 Å². The third-order valence-corrected chi connectivity index (χ3v) is 5.09. The van der Waals surface area contributed by atoms with E-state index in [0.29, 0.717) is 16.1 Å². The molecule has 0 amide bonds. The van der Waals surface area contributed by atoms with Gasteiger partial charge in [-0.2, -0.15) is 0 Å². The van der Waals surface area contributed by atoms with Crippen LogP contribution < -0.4 is 5.32 Å². The maximum atomic E-state index is 6.17. The SMILES string of the molecule is CCc1nc(C(NC(C)C)c2ccc(Cl)c(Cl)c2)sc1C. The van der Waals surface area contributed by atoms with Crippen molar-refractivity contribution in [2.24, 2.45) is 0 Å². The van der Waals surface area contributed by atoms with Gasteiger partial charge in [-0.15, -0.1) is 11.3 Å². The van der Waals surface area contributed by atoms with Crippen LogP contribution in [-0.2, 0) is 6.42 Å². The van der Waals surface area contributed by atoms with Gasteiger partial charge in [-0.25, -0.2) is 4.98 Å². The summed E-state index contributed by atoms with van der Waals surface area (Å²) in [5, 5.41) is 5.80. The van der Waals surface area contributed by atoms with Crippen LogP contribution in [0.4, 0.5) is 0 Å². The maximum Gasteiger partial charge on any atom is 0.115 e. The van der Waals surface area contributed by atoms with Gasteiger partial charge in [-0.3, -0.25) is 0 Å². The lowest BCUT2D eigenvalue weighted by Gasteiger charge is -2.20. The molecule has 1 aromatic heterocycles. The molecule has 21 heavy (non-hydrogen) atoms.